The lowest BCUT2D eigenvalue weighted by molar-refractivity contribution is -0.136. The minimum Gasteiger partial charge on any atom is -0.384 e. The molecule has 2 saturated heterocycles. The molecule has 1 atom stereocenters. The van der Waals surface area contributed by atoms with Crippen LogP contribution in [0.3, 0.4) is 0 Å². The Morgan fingerprint density at radius 2 is 2.05 bits per heavy atom. The molecule has 0 aromatic heterocycles. The van der Waals surface area contributed by atoms with Gasteiger partial charge in [-0.05, 0) is 32.9 Å². The highest BCUT2D eigenvalue weighted by molar-refractivity contribution is 5.83. The largest absolute Gasteiger partial charge is 0.384 e. The van der Waals surface area contributed by atoms with Gasteiger partial charge in [0.15, 0.2) is 0 Å². The summed E-state index contributed by atoms with van der Waals surface area (Å²) in [6, 6.07) is 0.346. The summed E-state index contributed by atoms with van der Waals surface area (Å²) in [5.74, 6) is 0.144. The summed E-state index contributed by atoms with van der Waals surface area (Å²) in [6.07, 6.45) is 1.69. The van der Waals surface area contributed by atoms with E-state index in [0.717, 1.165) is 52.2 Å². The van der Waals surface area contributed by atoms with Crippen LogP contribution in [0.1, 0.15) is 19.8 Å². The number of hydrogen-bond acceptors (Lipinski definition) is 5. The third kappa shape index (κ3) is 4.39. The molecule has 2 fully saturated rings. The van der Waals surface area contributed by atoms with Crippen LogP contribution in [0.15, 0.2) is 0 Å². The number of piperidine rings is 1. The third-order valence-corrected chi connectivity index (χ3v) is 4.69. The molecule has 0 aromatic rings. The maximum atomic E-state index is 12.6. The second-order valence-corrected chi connectivity index (χ2v) is 6.17. The summed E-state index contributed by atoms with van der Waals surface area (Å²) in [5, 5.41) is 6.46. The number of rotatable bonds is 6. The van der Waals surface area contributed by atoms with Crippen molar-refractivity contribution in [2.75, 3.05) is 59.7 Å². The summed E-state index contributed by atoms with van der Waals surface area (Å²) in [7, 11) is 1.67. The number of amides is 1. The second kappa shape index (κ2) is 8.08. The number of carbonyl (C=O) groups is 1. The topological polar surface area (TPSA) is 62.8 Å². The highest BCUT2D eigenvalue weighted by Gasteiger charge is 2.39. The van der Waals surface area contributed by atoms with Gasteiger partial charge in [-0.3, -0.25) is 9.69 Å². The Balaban J connectivity index is 1.83. The Morgan fingerprint density at radius 1 is 1.38 bits per heavy atom. The van der Waals surface area contributed by atoms with Gasteiger partial charge < -0.3 is 20.1 Å². The van der Waals surface area contributed by atoms with Crippen molar-refractivity contribution < 1.29 is 14.3 Å². The molecule has 1 unspecified atom stereocenters. The van der Waals surface area contributed by atoms with Gasteiger partial charge in [0.25, 0.3) is 0 Å². The molecule has 0 radical (unpaired) electrons. The van der Waals surface area contributed by atoms with Crippen LogP contribution in [0.4, 0.5) is 0 Å². The van der Waals surface area contributed by atoms with E-state index in [4.69, 9.17) is 9.47 Å². The van der Waals surface area contributed by atoms with Gasteiger partial charge in [0.2, 0.25) is 5.91 Å². The zero-order valence-corrected chi connectivity index (χ0v) is 13.3. The molecule has 2 heterocycles. The number of ether oxygens (including phenoxy) is 2. The van der Waals surface area contributed by atoms with Gasteiger partial charge in [-0.15, -0.1) is 0 Å². The molecule has 2 N–H and O–H groups in total. The van der Waals surface area contributed by atoms with Crippen molar-refractivity contribution >= 4 is 5.91 Å². The SMILES string of the molecule is COCC1(C(=O)NCC(C)N2CCOCC2)CCNCC1. The van der Waals surface area contributed by atoms with Gasteiger partial charge in [-0.1, -0.05) is 0 Å². The summed E-state index contributed by atoms with van der Waals surface area (Å²) < 4.78 is 10.7. The predicted octanol–water partition coefficient (Wildman–Crippen LogP) is -0.160. The van der Waals surface area contributed by atoms with Crippen LogP contribution in [0.2, 0.25) is 0 Å². The van der Waals surface area contributed by atoms with E-state index in [2.05, 4.69) is 22.5 Å². The molecule has 0 aliphatic carbocycles. The number of morpholine rings is 1. The number of methoxy groups -OCH3 is 1. The maximum absolute atomic E-state index is 12.6. The van der Waals surface area contributed by atoms with E-state index in [1.165, 1.54) is 0 Å². The quantitative estimate of drug-likeness (QED) is 0.713. The standard InChI is InChI=1S/C15H29N3O3/c1-13(18-7-9-21-10-8-18)11-17-14(19)15(12-20-2)3-5-16-6-4-15/h13,16H,3-12H2,1-2H3,(H,17,19). The third-order valence-electron chi connectivity index (χ3n) is 4.69. The molecule has 21 heavy (non-hydrogen) atoms. The molecule has 0 bridgehead atoms. The molecule has 1 amide bonds. The smallest absolute Gasteiger partial charge is 0.228 e. The van der Waals surface area contributed by atoms with Crippen LogP contribution in [0, 0.1) is 5.41 Å². The lowest BCUT2D eigenvalue weighted by atomic mass is 9.78. The molecule has 2 aliphatic rings. The van der Waals surface area contributed by atoms with Crippen LogP contribution in [0.5, 0.6) is 0 Å². The molecular formula is C15H29N3O3. The van der Waals surface area contributed by atoms with E-state index in [9.17, 15) is 4.79 Å². The summed E-state index contributed by atoms with van der Waals surface area (Å²) >= 11 is 0. The van der Waals surface area contributed by atoms with Crippen molar-refractivity contribution in [2.45, 2.75) is 25.8 Å². The average molecular weight is 299 g/mol. The molecule has 122 valence electrons. The van der Waals surface area contributed by atoms with E-state index in [1.807, 2.05) is 0 Å². The predicted molar refractivity (Wildman–Crippen MR) is 81.3 cm³/mol. The Morgan fingerprint density at radius 3 is 2.67 bits per heavy atom. The first-order valence-electron chi connectivity index (χ1n) is 7.98. The van der Waals surface area contributed by atoms with Crippen molar-refractivity contribution in [1.29, 1.82) is 0 Å². The molecule has 2 aliphatic heterocycles. The zero-order chi connectivity index (χ0) is 15.1. The van der Waals surface area contributed by atoms with E-state index in [-0.39, 0.29) is 11.3 Å². The van der Waals surface area contributed by atoms with E-state index in [1.54, 1.807) is 7.11 Å². The number of carbonyl (C=O) groups excluding carboxylic acids is 1. The van der Waals surface area contributed by atoms with Gasteiger partial charge >= 0.3 is 0 Å². The van der Waals surface area contributed by atoms with Crippen LogP contribution in [-0.4, -0.2) is 76.5 Å². The van der Waals surface area contributed by atoms with E-state index < -0.39 is 0 Å². The summed E-state index contributed by atoms with van der Waals surface area (Å²) in [4.78, 5) is 15.0. The Kier molecular flexibility index (Phi) is 6.41. The fraction of sp³-hybridized carbons (Fsp3) is 0.933. The van der Waals surface area contributed by atoms with E-state index in [0.29, 0.717) is 19.2 Å². The van der Waals surface area contributed by atoms with Crippen LogP contribution >= 0.6 is 0 Å². The van der Waals surface area contributed by atoms with Crippen molar-refractivity contribution in [3.05, 3.63) is 0 Å². The average Bonchev–Trinajstić information content (AvgIpc) is 2.54. The highest BCUT2D eigenvalue weighted by Crippen LogP contribution is 2.29. The van der Waals surface area contributed by atoms with Gasteiger partial charge in [-0.25, -0.2) is 0 Å². The molecule has 0 spiro atoms. The van der Waals surface area contributed by atoms with Gasteiger partial charge in [0.1, 0.15) is 0 Å². The number of hydrogen-bond donors (Lipinski definition) is 2. The Bertz CT molecular complexity index is 321. The highest BCUT2D eigenvalue weighted by atomic mass is 16.5. The number of nitrogens with one attached hydrogen (secondary N) is 2. The van der Waals surface area contributed by atoms with Crippen molar-refractivity contribution in [3.8, 4) is 0 Å². The normalized spacial score (nSPS) is 24.5. The fourth-order valence-corrected chi connectivity index (χ4v) is 3.19. The fourth-order valence-electron chi connectivity index (χ4n) is 3.19. The first-order chi connectivity index (χ1) is 10.2. The minimum absolute atomic E-state index is 0.144. The molecule has 6 heteroatoms. The first kappa shape index (κ1) is 16.7. The van der Waals surface area contributed by atoms with Crippen molar-refractivity contribution in [3.63, 3.8) is 0 Å². The van der Waals surface area contributed by atoms with Crippen LogP contribution in [-0.2, 0) is 14.3 Å². The van der Waals surface area contributed by atoms with Gasteiger partial charge in [0.05, 0.1) is 25.2 Å². The van der Waals surface area contributed by atoms with Gasteiger partial charge in [0, 0.05) is 32.8 Å². The monoisotopic (exact) mass is 299 g/mol. The van der Waals surface area contributed by atoms with Crippen molar-refractivity contribution in [1.82, 2.24) is 15.5 Å². The summed E-state index contributed by atoms with van der Waals surface area (Å²) in [6.45, 7) is 8.61. The lowest BCUT2D eigenvalue weighted by Gasteiger charge is -2.37. The second-order valence-electron chi connectivity index (χ2n) is 6.17. The Labute approximate surface area is 127 Å². The van der Waals surface area contributed by atoms with E-state index >= 15 is 0 Å². The molecule has 0 aromatic carbocycles. The molecule has 0 saturated carbocycles. The lowest BCUT2D eigenvalue weighted by Crippen LogP contribution is -2.53. The molecule has 6 nitrogen and oxygen atoms in total. The zero-order valence-electron chi connectivity index (χ0n) is 13.3. The first-order valence-corrected chi connectivity index (χ1v) is 7.98. The van der Waals surface area contributed by atoms with Gasteiger partial charge in [-0.2, -0.15) is 0 Å². The maximum Gasteiger partial charge on any atom is 0.228 e. The molecule has 2 rings (SSSR count). The minimum atomic E-state index is -0.356. The summed E-state index contributed by atoms with van der Waals surface area (Å²) in [5.41, 5.74) is -0.356. The van der Waals surface area contributed by atoms with Crippen LogP contribution in [0.25, 0.3) is 0 Å². The Hall–Kier alpha value is -0.690. The van der Waals surface area contributed by atoms with Crippen LogP contribution < -0.4 is 10.6 Å². The number of nitrogens with zero attached hydrogens (tertiary/aromatic N) is 1. The molecular weight excluding hydrogens is 270 g/mol. The van der Waals surface area contributed by atoms with Crippen molar-refractivity contribution in [2.24, 2.45) is 5.41 Å².